The average molecular weight is 405 g/mol. The Morgan fingerprint density at radius 2 is 2.00 bits per heavy atom. The van der Waals surface area contributed by atoms with Gasteiger partial charge in [0.05, 0.1) is 11.2 Å². The van der Waals surface area contributed by atoms with Crippen LogP contribution in [0.1, 0.15) is 23.2 Å². The minimum atomic E-state index is 0.0347. The lowest BCUT2D eigenvalue weighted by molar-refractivity contribution is 0.324. The summed E-state index contributed by atoms with van der Waals surface area (Å²) in [4.78, 5) is 0. The van der Waals surface area contributed by atoms with Gasteiger partial charge >= 0.3 is 0 Å². The second-order valence-corrected chi connectivity index (χ2v) is 8.79. The Labute approximate surface area is 173 Å². The highest BCUT2D eigenvalue weighted by Crippen LogP contribution is 2.32. The first-order chi connectivity index (χ1) is 14.2. The number of likely N-dealkylation sites (N-methyl/N-ethyl adjacent to an activating group) is 1. The Bertz CT molecular complexity index is 1160. The first kappa shape index (κ1) is 18.3. The van der Waals surface area contributed by atoms with Gasteiger partial charge in [-0.3, -0.25) is 5.10 Å². The highest BCUT2D eigenvalue weighted by Gasteiger charge is 2.32. The molecule has 7 heteroatoms. The lowest BCUT2D eigenvalue weighted by Gasteiger charge is -2.38. The van der Waals surface area contributed by atoms with Crippen LogP contribution in [-0.2, 0) is 12.8 Å². The minimum Gasteiger partial charge on any atom is -0.358 e. The predicted molar refractivity (Wildman–Crippen MR) is 118 cm³/mol. The molecule has 5 rings (SSSR count). The second kappa shape index (κ2) is 7.24. The number of aromatic nitrogens is 4. The number of hydrogen-bond acceptors (Lipinski definition) is 6. The zero-order valence-corrected chi connectivity index (χ0v) is 17.4. The summed E-state index contributed by atoms with van der Waals surface area (Å²) in [5.41, 5.74) is 6.06. The maximum absolute atomic E-state index is 4.41. The molecular weight excluding hydrogens is 380 g/mol. The summed E-state index contributed by atoms with van der Waals surface area (Å²) in [6.45, 7) is 2.83. The topological polar surface area (TPSA) is 78.5 Å². The Kier molecular flexibility index (Phi) is 4.56. The summed E-state index contributed by atoms with van der Waals surface area (Å²) in [6.07, 6.45) is 3.23. The van der Waals surface area contributed by atoms with Crippen molar-refractivity contribution in [1.29, 1.82) is 0 Å². The lowest BCUT2D eigenvalue weighted by atomic mass is 9.78. The maximum Gasteiger partial charge on any atom is 0.206 e. The first-order valence-corrected chi connectivity index (χ1v) is 10.8. The van der Waals surface area contributed by atoms with Crippen molar-refractivity contribution in [2.75, 3.05) is 18.9 Å². The largest absolute Gasteiger partial charge is 0.358 e. The van der Waals surface area contributed by atoms with Gasteiger partial charge in [-0.25, -0.2) is 0 Å². The minimum absolute atomic E-state index is 0.0347. The summed E-state index contributed by atoms with van der Waals surface area (Å²) < 4.78 is 0. The Morgan fingerprint density at radius 1 is 1.14 bits per heavy atom. The molecule has 0 fully saturated rings. The van der Waals surface area contributed by atoms with Crippen LogP contribution < -0.4 is 10.6 Å². The van der Waals surface area contributed by atoms with Gasteiger partial charge in [0, 0.05) is 23.0 Å². The molecule has 29 heavy (non-hydrogen) atoms. The molecule has 3 N–H and O–H groups in total. The van der Waals surface area contributed by atoms with E-state index in [1.165, 1.54) is 11.1 Å². The van der Waals surface area contributed by atoms with E-state index in [0.29, 0.717) is 0 Å². The fourth-order valence-corrected chi connectivity index (χ4v) is 4.92. The normalized spacial score (nSPS) is 18.7. The number of nitrogens with one attached hydrogen (secondary N) is 3. The van der Waals surface area contributed by atoms with Crippen molar-refractivity contribution >= 4 is 27.4 Å². The van der Waals surface area contributed by atoms with Crippen molar-refractivity contribution in [2.24, 2.45) is 0 Å². The molecule has 1 unspecified atom stereocenters. The molecule has 4 aromatic rings. The van der Waals surface area contributed by atoms with E-state index < -0.39 is 0 Å². The molecule has 148 valence electrons. The summed E-state index contributed by atoms with van der Waals surface area (Å²) in [7, 11) is 2.06. The van der Waals surface area contributed by atoms with E-state index in [0.717, 1.165) is 58.1 Å². The van der Waals surface area contributed by atoms with Crippen molar-refractivity contribution in [1.82, 2.24) is 25.7 Å². The van der Waals surface area contributed by atoms with Crippen molar-refractivity contribution in [2.45, 2.75) is 31.7 Å². The van der Waals surface area contributed by atoms with Crippen LogP contribution in [0, 0.1) is 6.92 Å². The average Bonchev–Trinajstić information content (AvgIpc) is 3.39. The number of anilines is 1. The Hall–Kier alpha value is -2.77. The lowest BCUT2D eigenvalue weighted by Crippen LogP contribution is -2.52. The van der Waals surface area contributed by atoms with Crippen LogP contribution in [0.3, 0.4) is 0 Å². The standard InChI is InChI=1S/C22H24N6S/c1-14-18-11-16(7-8-19(18)26-25-14)20-27-28-21(29-20)24-13-22(23-2)10-9-15-5-3-4-6-17(15)12-22/h3-8,11,23H,9-10,12-13H2,1-2H3,(H,24,28)(H,25,26). The van der Waals surface area contributed by atoms with E-state index >= 15 is 0 Å². The SMILES string of the molecule is CNC1(CNc2nnc(-c3ccc4[nH]nc(C)c4c3)s2)CCc2ccccc2C1. The zero-order valence-electron chi connectivity index (χ0n) is 16.6. The van der Waals surface area contributed by atoms with Crippen molar-refractivity contribution in [3.05, 3.63) is 59.3 Å². The third-order valence-electron chi connectivity index (χ3n) is 6.05. The maximum atomic E-state index is 4.41. The van der Waals surface area contributed by atoms with Crippen LogP contribution in [0.2, 0.25) is 0 Å². The molecule has 0 saturated heterocycles. The molecule has 1 aliphatic rings. The smallest absolute Gasteiger partial charge is 0.206 e. The van der Waals surface area contributed by atoms with Gasteiger partial charge in [0.15, 0.2) is 0 Å². The number of hydrogen-bond donors (Lipinski definition) is 3. The van der Waals surface area contributed by atoms with E-state index in [-0.39, 0.29) is 5.54 Å². The van der Waals surface area contributed by atoms with Gasteiger partial charge in [0.25, 0.3) is 0 Å². The molecule has 0 radical (unpaired) electrons. The van der Waals surface area contributed by atoms with Crippen LogP contribution in [0.4, 0.5) is 5.13 Å². The number of fused-ring (bicyclic) bond motifs is 2. The van der Waals surface area contributed by atoms with Gasteiger partial charge in [-0.2, -0.15) is 5.10 Å². The van der Waals surface area contributed by atoms with Crippen molar-refractivity contribution in [3.63, 3.8) is 0 Å². The molecule has 1 aliphatic carbocycles. The zero-order chi connectivity index (χ0) is 19.8. The molecule has 0 bridgehead atoms. The molecule has 1 atom stereocenters. The first-order valence-electron chi connectivity index (χ1n) is 9.94. The van der Waals surface area contributed by atoms with Gasteiger partial charge in [-0.1, -0.05) is 35.6 Å². The van der Waals surface area contributed by atoms with E-state index in [1.54, 1.807) is 11.3 Å². The fraction of sp³-hybridized carbons (Fsp3) is 0.318. The van der Waals surface area contributed by atoms with Gasteiger partial charge in [-0.05, 0) is 62.6 Å². The number of benzene rings is 2. The highest BCUT2D eigenvalue weighted by atomic mass is 32.1. The van der Waals surface area contributed by atoms with Crippen molar-refractivity contribution < 1.29 is 0 Å². The van der Waals surface area contributed by atoms with Gasteiger partial charge in [-0.15, -0.1) is 10.2 Å². The fourth-order valence-electron chi connectivity index (χ4n) is 4.19. The quantitative estimate of drug-likeness (QED) is 0.469. The highest BCUT2D eigenvalue weighted by molar-refractivity contribution is 7.18. The summed E-state index contributed by atoms with van der Waals surface area (Å²) in [6, 6.07) is 15.0. The van der Waals surface area contributed by atoms with E-state index in [2.05, 4.69) is 80.5 Å². The van der Waals surface area contributed by atoms with Crippen molar-refractivity contribution in [3.8, 4) is 10.6 Å². The molecule has 0 aliphatic heterocycles. The molecule has 2 heterocycles. The van der Waals surface area contributed by atoms with Crippen LogP contribution in [0.15, 0.2) is 42.5 Å². The molecule has 2 aromatic carbocycles. The molecule has 0 saturated carbocycles. The Balaban J connectivity index is 1.32. The summed E-state index contributed by atoms with van der Waals surface area (Å²) in [5.74, 6) is 0. The van der Waals surface area contributed by atoms with Crippen LogP contribution in [0.5, 0.6) is 0 Å². The second-order valence-electron chi connectivity index (χ2n) is 7.81. The third kappa shape index (κ3) is 3.41. The van der Waals surface area contributed by atoms with Crippen LogP contribution in [0.25, 0.3) is 21.5 Å². The van der Waals surface area contributed by atoms with Gasteiger partial charge in [0.2, 0.25) is 5.13 Å². The number of aromatic amines is 1. The van der Waals surface area contributed by atoms with Gasteiger partial charge in [0.1, 0.15) is 5.01 Å². The molecule has 0 amide bonds. The van der Waals surface area contributed by atoms with Gasteiger partial charge < -0.3 is 10.6 Å². The Morgan fingerprint density at radius 3 is 2.86 bits per heavy atom. The van der Waals surface area contributed by atoms with E-state index in [9.17, 15) is 0 Å². The summed E-state index contributed by atoms with van der Waals surface area (Å²) in [5, 5.41) is 26.1. The predicted octanol–water partition coefficient (Wildman–Crippen LogP) is 3.95. The number of H-pyrrole nitrogens is 1. The number of aryl methyl sites for hydroxylation is 2. The molecule has 0 spiro atoms. The van der Waals surface area contributed by atoms with E-state index in [4.69, 9.17) is 0 Å². The third-order valence-corrected chi connectivity index (χ3v) is 6.98. The molecule has 2 aromatic heterocycles. The van der Waals surface area contributed by atoms with Crippen LogP contribution >= 0.6 is 11.3 Å². The van der Waals surface area contributed by atoms with E-state index in [1.807, 2.05) is 6.92 Å². The van der Waals surface area contributed by atoms with Crippen LogP contribution in [-0.4, -0.2) is 39.5 Å². The number of nitrogens with zero attached hydrogens (tertiary/aromatic N) is 3. The molecule has 6 nitrogen and oxygen atoms in total. The number of rotatable bonds is 5. The monoisotopic (exact) mass is 404 g/mol. The summed E-state index contributed by atoms with van der Waals surface area (Å²) >= 11 is 1.59. The molecular formula is C22H24N6S.